The van der Waals surface area contributed by atoms with Crippen LogP contribution in [0.5, 0.6) is 0 Å². The van der Waals surface area contributed by atoms with Crippen molar-refractivity contribution in [3.63, 3.8) is 0 Å². The second-order valence-corrected chi connectivity index (χ2v) is 6.94. The van der Waals surface area contributed by atoms with Gasteiger partial charge in [0.2, 0.25) is 23.6 Å². The summed E-state index contributed by atoms with van der Waals surface area (Å²) in [6.07, 6.45) is 1.39. The quantitative estimate of drug-likeness (QED) is 0.857. The third-order valence-electron chi connectivity index (χ3n) is 5.36. The second kappa shape index (κ2) is 6.29. The van der Waals surface area contributed by atoms with Gasteiger partial charge in [-0.15, -0.1) is 10.2 Å². The number of aromatic nitrogens is 2. The van der Waals surface area contributed by atoms with Crippen LogP contribution in [0.3, 0.4) is 0 Å². The number of rotatable bonds is 5. The highest BCUT2D eigenvalue weighted by molar-refractivity contribution is 5.87. The van der Waals surface area contributed by atoms with Gasteiger partial charge in [0.05, 0.1) is 12.0 Å². The van der Waals surface area contributed by atoms with Crippen molar-refractivity contribution in [1.82, 2.24) is 20.8 Å². The predicted molar refractivity (Wildman–Crippen MR) is 84.2 cm³/mol. The summed E-state index contributed by atoms with van der Waals surface area (Å²) in [5.74, 6) is 0.643. The van der Waals surface area contributed by atoms with Gasteiger partial charge in [0.15, 0.2) is 0 Å². The van der Waals surface area contributed by atoms with Gasteiger partial charge in [-0.2, -0.15) is 0 Å². The van der Waals surface area contributed by atoms with E-state index in [9.17, 15) is 9.59 Å². The zero-order valence-electron chi connectivity index (χ0n) is 14.5. The third kappa shape index (κ3) is 3.09. The Morgan fingerprint density at radius 1 is 1.26 bits per heavy atom. The molecule has 2 N–H and O–H groups in total. The Labute approximate surface area is 136 Å². The van der Waals surface area contributed by atoms with Crippen LogP contribution >= 0.6 is 0 Å². The maximum Gasteiger partial charge on any atom is 0.235 e. The summed E-state index contributed by atoms with van der Waals surface area (Å²) in [5.41, 5.74) is -1.04. The summed E-state index contributed by atoms with van der Waals surface area (Å²) >= 11 is 0. The molecule has 1 aliphatic carbocycles. The average molecular weight is 322 g/mol. The zero-order chi connectivity index (χ0) is 17.3. The Morgan fingerprint density at radius 2 is 1.96 bits per heavy atom. The van der Waals surface area contributed by atoms with Crippen LogP contribution in [0.25, 0.3) is 0 Å². The molecule has 23 heavy (non-hydrogen) atoms. The molecule has 128 valence electrons. The summed E-state index contributed by atoms with van der Waals surface area (Å²) in [7, 11) is 0. The largest absolute Gasteiger partial charge is 0.424 e. The fourth-order valence-electron chi connectivity index (χ4n) is 3.42. The van der Waals surface area contributed by atoms with Crippen molar-refractivity contribution in [1.29, 1.82) is 0 Å². The van der Waals surface area contributed by atoms with Crippen molar-refractivity contribution >= 4 is 11.8 Å². The van der Waals surface area contributed by atoms with Gasteiger partial charge >= 0.3 is 0 Å². The van der Waals surface area contributed by atoms with E-state index in [0.717, 1.165) is 0 Å². The van der Waals surface area contributed by atoms with Crippen molar-refractivity contribution in [2.45, 2.75) is 54.0 Å². The van der Waals surface area contributed by atoms with Gasteiger partial charge in [0.25, 0.3) is 0 Å². The molecule has 2 rings (SSSR count). The van der Waals surface area contributed by atoms with Gasteiger partial charge in [-0.3, -0.25) is 9.59 Å². The van der Waals surface area contributed by atoms with Gasteiger partial charge in [0.1, 0.15) is 0 Å². The summed E-state index contributed by atoms with van der Waals surface area (Å²) in [5, 5.41) is 13.4. The first kappa shape index (κ1) is 17.4. The Bertz CT molecular complexity index is 596. The number of carbonyl (C=O) groups excluding carboxylic acids is 2. The Hall–Kier alpha value is -1.92. The van der Waals surface area contributed by atoms with Crippen LogP contribution in [0.4, 0.5) is 0 Å². The van der Waals surface area contributed by atoms with Gasteiger partial charge in [-0.1, -0.05) is 20.8 Å². The maximum atomic E-state index is 12.8. The highest BCUT2D eigenvalue weighted by Crippen LogP contribution is 2.56. The molecule has 1 aromatic rings. The van der Waals surface area contributed by atoms with E-state index >= 15 is 0 Å². The van der Waals surface area contributed by atoms with Crippen LogP contribution in [0.1, 0.15) is 52.3 Å². The number of nitrogens with zero attached hydrogens (tertiary/aromatic N) is 2. The normalized spacial score (nSPS) is 26.0. The van der Waals surface area contributed by atoms with Gasteiger partial charge in [-0.05, 0) is 25.2 Å². The molecule has 0 saturated heterocycles. The van der Waals surface area contributed by atoms with E-state index in [1.807, 2.05) is 27.7 Å². The number of amides is 2. The maximum absolute atomic E-state index is 12.8. The number of carbonyl (C=O) groups is 2. The molecule has 1 aliphatic rings. The van der Waals surface area contributed by atoms with Crippen molar-refractivity contribution in [3.8, 4) is 0 Å². The smallest absolute Gasteiger partial charge is 0.235 e. The standard InChI is InChI=1S/C16H26N4O3/c1-6-17-13(21)11-7-8-16(5,15(11,3)4)14(22)18-9-12-20-19-10(2)23-12/h11H,6-9H2,1-5H3,(H,17,21)(H,18,22)/t11-,16+/m0/s1. The first-order valence-electron chi connectivity index (χ1n) is 8.07. The van der Waals surface area contributed by atoms with Crippen molar-refractivity contribution in [3.05, 3.63) is 11.8 Å². The number of aryl methyl sites for hydroxylation is 1. The molecular formula is C16H26N4O3. The molecule has 0 bridgehead atoms. The number of hydrogen-bond donors (Lipinski definition) is 2. The number of hydrogen-bond acceptors (Lipinski definition) is 5. The van der Waals surface area contributed by atoms with Crippen molar-refractivity contribution < 1.29 is 14.0 Å². The molecule has 1 heterocycles. The van der Waals surface area contributed by atoms with Gasteiger partial charge in [-0.25, -0.2) is 0 Å². The van der Waals surface area contributed by atoms with Crippen LogP contribution < -0.4 is 10.6 Å². The highest BCUT2D eigenvalue weighted by atomic mass is 16.4. The molecule has 2 amide bonds. The summed E-state index contributed by atoms with van der Waals surface area (Å²) < 4.78 is 5.27. The SMILES string of the molecule is CCNC(=O)[C@@H]1CC[C@](C)(C(=O)NCc2nnc(C)o2)C1(C)C. The van der Waals surface area contributed by atoms with E-state index in [0.29, 0.717) is 31.2 Å². The fraction of sp³-hybridized carbons (Fsp3) is 0.750. The Kier molecular flexibility index (Phi) is 4.77. The molecule has 0 spiro atoms. The molecule has 7 heteroatoms. The molecular weight excluding hydrogens is 296 g/mol. The van der Waals surface area contributed by atoms with Crippen molar-refractivity contribution in [2.75, 3.05) is 6.54 Å². The second-order valence-electron chi connectivity index (χ2n) is 6.94. The van der Waals surface area contributed by atoms with Crippen LogP contribution in [0.2, 0.25) is 0 Å². The average Bonchev–Trinajstić information content (AvgIpc) is 2.99. The fourth-order valence-corrected chi connectivity index (χ4v) is 3.42. The molecule has 2 atom stereocenters. The number of nitrogens with one attached hydrogen (secondary N) is 2. The van der Waals surface area contributed by atoms with Gasteiger partial charge < -0.3 is 15.1 Å². The minimum Gasteiger partial charge on any atom is -0.424 e. The molecule has 0 radical (unpaired) electrons. The van der Waals surface area contributed by atoms with Crippen LogP contribution in [-0.4, -0.2) is 28.6 Å². The summed E-state index contributed by atoms with van der Waals surface area (Å²) in [4.78, 5) is 25.0. The summed E-state index contributed by atoms with van der Waals surface area (Å²) in [6.45, 7) is 10.3. The predicted octanol–water partition coefficient (Wildman–Crippen LogP) is 1.57. The lowest BCUT2D eigenvalue weighted by atomic mass is 9.65. The molecule has 7 nitrogen and oxygen atoms in total. The lowest BCUT2D eigenvalue weighted by molar-refractivity contribution is -0.139. The first-order chi connectivity index (χ1) is 10.7. The Balaban J connectivity index is 2.07. The topological polar surface area (TPSA) is 97.1 Å². The van der Waals surface area contributed by atoms with E-state index in [1.165, 1.54) is 0 Å². The molecule has 1 aromatic heterocycles. The molecule has 0 unspecified atom stereocenters. The summed E-state index contributed by atoms with van der Waals surface area (Å²) in [6, 6.07) is 0. The lowest BCUT2D eigenvalue weighted by Gasteiger charge is -2.39. The monoisotopic (exact) mass is 322 g/mol. The van der Waals surface area contributed by atoms with Gasteiger partial charge in [0, 0.05) is 19.4 Å². The molecule has 1 fully saturated rings. The molecule has 0 aromatic carbocycles. The van der Waals surface area contributed by atoms with E-state index in [-0.39, 0.29) is 24.3 Å². The van der Waals surface area contributed by atoms with E-state index in [1.54, 1.807) is 6.92 Å². The minimum absolute atomic E-state index is 0.0292. The van der Waals surface area contributed by atoms with E-state index in [4.69, 9.17) is 4.42 Å². The zero-order valence-corrected chi connectivity index (χ0v) is 14.5. The lowest BCUT2D eigenvalue weighted by Crippen LogP contribution is -2.49. The minimum atomic E-state index is -0.613. The van der Waals surface area contributed by atoms with Crippen LogP contribution in [-0.2, 0) is 16.1 Å². The highest BCUT2D eigenvalue weighted by Gasteiger charge is 2.57. The van der Waals surface area contributed by atoms with Crippen LogP contribution in [0.15, 0.2) is 4.42 Å². The third-order valence-corrected chi connectivity index (χ3v) is 5.36. The molecule has 0 aliphatic heterocycles. The van der Waals surface area contributed by atoms with Crippen molar-refractivity contribution in [2.24, 2.45) is 16.7 Å². The van der Waals surface area contributed by atoms with E-state index in [2.05, 4.69) is 20.8 Å². The first-order valence-corrected chi connectivity index (χ1v) is 8.07. The Morgan fingerprint density at radius 3 is 2.52 bits per heavy atom. The van der Waals surface area contributed by atoms with E-state index < -0.39 is 10.8 Å². The molecule has 1 saturated carbocycles. The van der Waals surface area contributed by atoms with Crippen LogP contribution in [0, 0.1) is 23.7 Å².